The molecule has 20 heavy (non-hydrogen) atoms. The second-order valence-electron chi connectivity index (χ2n) is 3.98. The van der Waals surface area contributed by atoms with Crippen molar-refractivity contribution in [1.29, 1.82) is 0 Å². The van der Waals surface area contributed by atoms with E-state index in [1.54, 1.807) is 0 Å². The molecule has 0 radical (unpaired) electrons. The van der Waals surface area contributed by atoms with E-state index in [4.69, 9.17) is 4.42 Å². The molecule has 2 nitrogen and oxygen atoms in total. The van der Waals surface area contributed by atoms with Crippen LogP contribution in [0.1, 0.15) is 17.0 Å². The van der Waals surface area contributed by atoms with Crippen LogP contribution < -0.4 is 0 Å². The van der Waals surface area contributed by atoms with Crippen LogP contribution in [0.2, 0.25) is 0 Å². The van der Waals surface area contributed by atoms with Crippen LogP contribution in [0.5, 0.6) is 0 Å². The van der Waals surface area contributed by atoms with Crippen molar-refractivity contribution in [1.82, 2.24) is 4.98 Å². The third-order valence-corrected chi connectivity index (χ3v) is 2.55. The van der Waals surface area contributed by atoms with Crippen molar-refractivity contribution in [3.05, 3.63) is 41.5 Å². The third kappa shape index (κ3) is 2.63. The molecule has 0 aliphatic rings. The van der Waals surface area contributed by atoms with Gasteiger partial charge in [0.25, 0.3) is 0 Å². The maximum Gasteiger partial charge on any atom is 0.417 e. The Morgan fingerprint density at radius 1 is 0.950 bits per heavy atom. The van der Waals surface area contributed by atoms with E-state index < -0.39 is 34.7 Å². The Hall–Kier alpha value is -1.99. The van der Waals surface area contributed by atoms with E-state index in [1.807, 2.05) is 0 Å². The predicted molar refractivity (Wildman–Crippen MR) is 56.7 cm³/mol. The van der Waals surface area contributed by atoms with Gasteiger partial charge in [-0.05, 0) is 12.1 Å². The van der Waals surface area contributed by atoms with E-state index in [2.05, 4.69) is 4.98 Å². The molecule has 0 saturated heterocycles. The summed E-state index contributed by atoms with van der Waals surface area (Å²) in [7, 11) is 0. The van der Waals surface area contributed by atoms with Crippen LogP contribution in [0.3, 0.4) is 0 Å². The van der Waals surface area contributed by atoms with Gasteiger partial charge >= 0.3 is 12.4 Å². The third-order valence-electron chi connectivity index (χ3n) is 2.55. The van der Waals surface area contributed by atoms with Gasteiger partial charge in [-0.25, -0.2) is 4.98 Å². The lowest BCUT2D eigenvalue weighted by Crippen LogP contribution is -2.14. The van der Waals surface area contributed by atoms with Crippen molar-refractivity contribution in [3.8, 4) is 11.3 Å². The molecule has 0 aliphatic heterocycles. The molecule has 0 amide bonds. The van der Waals surface area contributed by atoms with Crippen LogP contribution >= 0.6 is 0 Å². The minimum atomic E-state index is -4.93. The Labute approximate surface area is 109 Å². The fourth-order valence-corrected chi connectivity index (χ4v) is 1.78. The van der Waals surface area contributed by atoms with Gasteiger partial charge in [0, 0.05) is 12.5 Å². The summed E-state index contributed by atoms with van der Waals surface area (Å²) in [5.41, 5.74) is -4.33. The van der Waals surface area contributed by atoms with Gasteiger partial charge in [-0.2, -0.15) is 26.3 Å². The Morgan fingerprint density at radius 3 is 1.80 bits per heavy atom. The molecule has 1 aromatic heterocycles. The summed E-state index contributed by atoms with van der Waals surface area (Å²) >= 11 is 0. The van der Waals surface area contributed by atoms with Gasteiger partial charge in [-0.1, -0.05) is 6.07 Å². The summed E-state index contributed by atoms with van der Waals surface area (Å²) in [6.45, 7) is 1.33. The largest absolute Gasteiger partial charge is 0.449 e. The minimum Gasteiger partial charge on any atom is -0.449 e. The van der Waals surface area contributed by atoms with Crippen molar-refractivity contribution < 1.29 is 30.8 Å². The van der Waals surface area contributed by atoms with Crippen LogP contribution in [0.25, 0.3) is 11.3 Å². The summed E-state index contributed by atoms with van der Waals surface area (Å²) in [5, 5.41) is 0. The smallest absolute Gasteiger partial charge is 0.417 e. The van der Waals surface area contributed by atoms with E-state index in [9.17, 15) is 26.3 Å². The zero-order chi connectivity index (χ0) is 15.1. The van der Waals surface area contributed by atoms with Crippen molar-refractivity contribution in [2.75, 3.05) is 0 Å². The fourth-order valence-electron chi connectivity index (χ4n) is 1.78. The molecule has 0 atom stereocenters. The molecular weight excluding hydrogens is 288 g/mol. The van der Waals surface area contributed by atoms with Gasteiger partial charge in [-0.15, -0.1) is 0 Å². The van der Waals surface area contributed by atoms with E-state index in [1.165, 1.54) is 6.92 Å². The lowest BCUT2D eigenvalue weighted by molar-refractivity contribution is -0.142. The Morgan fingerprint density at radius 2 is 1.45 bits per heavy atom. The van der Waals surface area contributed by atoms with E-state index >= 15 is 0 Å². The molecule has 0 bridgehead atoms. The lowest BCUT2D eigenvalue weighted by atomic mass is 9.98. The highest BCUT2D eigenvalue weighted by molar-refractivity contribution is 5.68. The highest BCUT2D eigenvalue weighted by Crippen LogP contribution is 2.43. The monoisotopic (exact) mass is 295 g/mol. The quantitative estimate of drug-likeness (QED) is 0.713. The number of oxazole rings is 1. The predicted octanol–water partition coefficient (Wildman–Crippen LogP) is 4.69. The number of benzene rings is 1. The number of aromatic nitrogens is 1. The maximum atomic E-state index is 12.9. The first-order valence-corrected chi connectivity index (χ1v) is 5.30. The number of hydrogen-bond acceptors (Lipinski definition) is 2. The zero-order valence-electron chi connectivity index (χ0n) is 9.93. The van der Waals surface area contributed by atoms with E-state index in [0.29, 0.717) is 18.2 Å². The molecule has 1 aromatic carbocycles. The van der Waals surface area contributed by atoms with Gasteiger partial charge < -0.3 is 4.42 Å². The van der Waals surface area contributed by atoms with Crippen LogP contribution in [0.4, 0.5) is 26.3 Å². The number of rotatable bonds is 1. The molecule has 0 spiro atoms. The Balaban J connectivity index is 2.79. The summed E-state index contributed by atoms with van der Waals surface area (Å²) < 4.78 is 82.0. The fraction of sp³-hybridized carbons (Fsp3) is 0.250. The van der Waals surface area contributed by atoms with Gasteiger partial charge in [0.05, 0.1) is 11.1 Å². The normalized spacial score (nSPS) is 12.8. The van der Waals surface area contributed by atoms with Gasteiger partial charge in [0.1, 0.15) is 12.0 Å². The standard InChI is InChI=1S/C12H7F6NO/c1-6-19-9(5-20-6)10-7(11(13,14)15)3-2-4-8(10)12(16,17)18/h2-5H,1H3. The van der Waals surface area contributed by atoms with E-state index in [-0.39, 0.29) is 5.89 Å². The molecule has 2 rings (SSSR count). The second-order valence-corrected chi connectivity index (χ2v) is 3.98. The molecule has 0 saturated carbocycles. The van der Waals surface area contributed by atoms with E-state index in [0.717, 1.165) is 6.26 Å². The van der Waals surface area contributed by atoms with Crippen LogP contribution in [0, 0.1) is 6.92 Å². The second kappa shape index (κ2) is 4.53. The summed E-state index contributed by atoms with van der Waals surface area (Å²) in [5.74, 6) is -0.0231. The molecule has 0 N–H and O–H groups in total. The topological polar surface area (TPSA) is 26.0 Å². The highest BCUT2D eigenvalue weighted by Gasteiger charge is 2.41. The number of aryl methyl sites for hydroxylation is 1. The molecule has 108 valence electrons. The number of halogens is 6. The molecule has 1 heterocycles. The van der Waals surface area contributed by atoms with Crippen LogP contribution in [0.15, 0.2) is 28.9 Å². The molecule has 0 fully saturated rings. The zero-order valence-corrected chi connectivity index (χ0v) is 9.93. The summed E-state index contributed by atoms with van der Waals surface area (Å²) in [6, 6.07) is 1.87. The van der Waals surface area contributed by atoms with Crippen LogP contribution in [-0.2, 0) is 12.4 Å². The molecule has 0 unspecified atom stereocenters. The lowest BCUT2D eigenvalue weighted by Gasteiger charge is -2.16. The van der Waals surface area contributed by atoms with Crippen molar-refractivity contribution >= 4 is 0 Å². The Bertz CT molecular complexity index is 593. The van der Waals surface area contributed by atoms with Crippen LogP contribution in [-0.4, -0.2) is 4.98 Å². The molecule has 2 aromatic rings. The average molecular weight is 295 g/mol. The van der Waals surface area contributed by atoms with Crippen molar-refractivity contribution in [2.45, 2.75) is 19.3 Å². The SMILES string of the molecule is Cc1nc(-c2c(C(F)(F)F)cccc2C(F)(F)F)co1. The van der Waals surface area contributed by atoms with Gasteiger partial charge in [0.15, 0.2) is 5.89 Å². The van der Waals surface area contributed by atoms with Gasteiger partial charge in [-0.3, -0.25) is 0 Å². The molecular formula is C12H7F6NO. The number of hydrogen-bond donors (Lipinski definition) is 0. The maximum absolute atomic E-state index is 12.9. The highest BCUT2D eigenvalue weighted by atomic mass is 19.4. The van der Waals surface area contributed by atoms with Crippen molar-refractivity contribution in [3.63, 3.8) is 0 Å². The summed E-state index contributed by atoms with van der Waals surface area (Å²) in [6.07, 6.45) is -9.08. The molecule has 0 aliphatic carbocycles. The van der Waals surface area contributed by atoms with Crippen molar-refractivity contribution in [2.24, 2.45) is 0 Å². The number of nitrogens with zero attached hydrogens (tertiary/aromatic N) is 1. The average Bonchev–Trinajstić information content (AvgIpc) is 2.72. The minimum absolute atomic E-state index is 0.0231. The first-order chi connectivity index (χ1) is 9.10. The molecule has 8 heteroatoms. The Kier molecular flexibility index (Phi) is 3.27. The van der Waals surface area contributed by atoms with Gasteiger partial charge in [0.2, 0.25) is 0 Å². The summed E-state index contributed by atoms with van der Waals surface area (Å²) in [4.78, 5) is 3.56. The first kappa shape index (κ1) is 14.4. The first-order valence-electron chi connectivity index (χ1n) is 5.30. The number of alkyl halides is 6.